The van der Waals surface area contributed by atoms with Crippen LogP contribution < -0.4 is 10.6 Å². The van der Waals surface area contributed by atoms with Crippen molar-refractivity contribution < 1.29 is 14.0 Å². The molecule has 0 saturated heterocycles. The first-order valence-corrected chi connectivity index (χ1v) is 9.69. The lowest BCUT2D eigenvalue weighted by molar-refractivity contribution is -0.116. The summed E-state index contributed by atoms with van der Waals surface area (Å²) in [6, 6.07) is 11.5. The molecule has 0 unspecified atom stereocenters. The van der Waals surface area contributed by atoms with Crippen LogP contribution in [0.15, 0.2) is 42.5 Å². The second-order valence-electron chi connectivity index (χ2n) is 6.92. The van der Waals surface area contributed by atoms with Crippen molar-refractivity contribution in [2.45, 2.75) is 26.9 Å². The summed E-state index contributed by atoms with van der Waals surface area (Å²) >= 11 is 5.35. The average Bonchev–Trinajstić information content (AvgIpc) is 2.97. The maximum Gasteiger partial charge on any atom is 0.251 e. The zero-order valence-corrected chi connectivity index (χ0v) is 17.7. The highest BCUT2D eigenvalue weighted by Gasteiger charge is 2.14. The summed E-state index contributed by atoms with van der Waals surface area (Å²) in [5.41, 5.74) is 2.60. The first-order chi connectivity index (χ1) is 14.3. The molecule has 156 valence electrons. The van der Waals surface area contributed by atoms with Crippen LogP contribution in [0.1, 0.15) is 27.3 Å². The topological polar surface area (TPSA) is 81.0 Å². The largest absolute Gasteiger partial charge is 0.345 e. The molecule has 2 amide bonds. The number of amides is 2. The van der Waals surface area contributed by atoms with Gasteiger partial charge in [-0.15, -0.1) is 0 Å². The molecule has 3 aromatic rings. The fourth-order valence-electron chi connectivity index (χ4n) is 2.93. The first kappa shape index (κ1) is 21.4. The van der Waals surface area contributed by atoms with Gasteiger partial charge in [0.1, 0.15) is 12.4 Å². The highest BCUT2D eigenvalue weighted by atomic mass is 32.1. The van der Waals surface area contributed by atoms with E-state index in [0.717, 1.165) is 11.1 Å². The minimum Gasteiger partial charge on any atom is -0.345 e. The molecular weight excluding hydrogens is 405 g/mol. The van der Waals surface area contributed by atoms with Gasteiger partial charge in [-0.3, -0.25) is 9.59 Å². The number of aryl methyl sites for hydroxylation is 2. The summed E-state index contributed by atoms with van der Waals surface area (Å²) in [5, 5.41) is 9.83. The number of hydrogen-bond acceptors (Lipinski definition) is 4. The standard InChI is InChI=1S/C21H22FN5O2S/c1-13-6-4-5-7-16(13)20(29)23-11-18-25-27(21(30)26(18)3)12-19(28)24-17-10-15(22)9-8-14(17)2/h4-10H,11-12H2,1-3H3,(H,23,29)(H,24,28). The number of nitrogens with zero attached hydrogens (tertiary/aromatic N) is 3. The van der Waals surface area contributed by atoms with Crippen LogP contribution in [0, 0.1) is 24.4 Å². The molecule has 0 bridgehead atoms. The zero-order chi connectivity index (χ0) is 21.8. The van der Waals surface area contributed by atoms with E-state index in [0.29, 0.717) is 21.8 Å². The third kappa shape index (κ3) is 4.80. The summed E-state index contributed by atoms with van der Waals surface area (Å²) in [6.45, 7) is 3.67. The van der Waals surface area contributed by atoms with E-state index < -0.39 is 5.82 Å². The molecule has 30 heavy (non-hydrogen) atoms. The number of rotatable bonds is 6. The summed E-state index contributed by atoms with van der Waals surface area (Å²) in [4.78, 5) is 24.8. The summed E-state index contributed by atoms with van der Waals surface area (Å²) < 4.78 is 16.8. The molecule has 0 aliphatic rings. The van der Waals surface area contributed by atoms with E-state index in [4.69, 9.17) is 12.2 Å². The van der Waals surface area contributed by atoms with Crippen LogP contribution in [-0.4, -0.2) is 26.2 Å². The Hall–Kier alpha value is -3.33. The third-order valence-corrected chi connectivity index (χ3v) is 5.18. The third-order valence-electron chi connectivity index (χ3n) is 4.69. The van der Waals surface area contributed by atoms with Crippen molar-refractivity contribution >= 4 is 29.7 Å². The predicted molar refractivity (Wildman–Crippen MR) is 114 cm³/mol. The quantitative estimate of drug-likeness (QED) is 0.592. The van der Waals surface area contributed by atoms with Crippen molar-refractivity contribution in [1.82, 2.24) is 19.7 Å². The SMILES string of the molecule is Cc1ccc(F)cc1NC(=O)Cn1nc(CNC(=O)c2ccccc2C)n(C)c1=S. The summed E-state index contributed by atoms with van der Waals surface area (Å²) in [6.07, 6.45) is 0. The molecule has 3 rings (SSSR count). The van der Waals surface area contributed by atoms with E-state index >= 15 is 0 Å². The molecule has 7 nitrogen and oxygen atoms in total. The van der Waals surface area contributed by atoms with Crippen LogP contribution in [0.2, 0.25) is 0 Å². The van der Waals surface area contributed by atoms with E-state index in [9.17, 15) is 14.0 Å². The average molecular weight is 428 g/mol. The molecule has 2 aromatic carbocycles. The number of aromatic nitrogens is 3. The van der Waals surface area contributed by atoms with Gasteiger partial charge < -0.3 is 15.2 Å². The lowest BCUT2D eigenvalue weighted by Crippen LogP contribution is -2.25. The predicted octanol–water partition coefficient (Wildman–Crippen LogP) is 3.28. The van der Waals surface area contributed by atoms with Crippen LogP contribution in [0.25, 0.3) is 0 Å². The summed E-state index contributed by atoms with van der Waals surface area (Å²) in [5.74, 6) is -0.519. The Morgan fingerprint density at radius 3 is 2.60 bits per heavy atom. The van der Waals surface area contributed by atoms with Gasteiger partial charge >= 0.3 is 0 Å². The van der Waals surface area contributed by atoms with Gasteiger partial charge in [-0.2, -0.15) is 5.10 Å². The number of benzene rings is 2. The molecule has 0 radical (unpaired) electrons. The van der Waals surface area contributed by atoms with Crippen molar-refractivity contribution in [3.8, 4) is 0 Å². The Labute approximate surface area is 178 Å². The van der Waals surface area contributed by atoms with Gasteiger partial charge in [0.25, 0.3) is 5.91 Å². The highest BCUT2D eigenvalue weighted by Crippen LogP contribution is 2.16. The molecule has 0 aliphatic carbocycles. The number of carbonyl (C=O) groups is 2. The minimum absolute atomic E-state index is 0.131. The monoisotopic (exact) mass is 427 g/mol. The molecule has 2 N–H and O–H groups in total. The first-order valence-electron chi connectivity index (χ1n) is 9.29. The molecule has 0 fully saturated rings. The number of nitrogens with one attached hydrogen (secondary N) is 2. The second-order valence-corrected chi connectivity index (χ2v) is 7.29. The highest BCUT2D eigenvalue weighted by molar-refractivity contribution is 7.71. The van der Waals surface area contributed by atoms with E-state index in [-0.39, 0.29) is 24.9 Å². The van der Waals surface area contributed by atoms with Gasteiger partial charge in [0.05, 0.1) is 6.54 Å². The maximum atomic E-state index is 13.4. The molecule has 1 aromatic heterocycles. The lowest BCUT2D eigenvalue weighted by atomic mass is 10.1. The van der Waals surface area contributed by atoms with Crippen molar-refractivity contribution in [3.05, 3.63) is 75.6 Å². The van der Waals surface area contributed by atoms with E-state index in [2.05, 4.69) is 15.7 Å². The fourth-order valence-corrected chi connectivity index (χ4v) is 3.14. The van der Waals surface area contributed by atoms with Crippen molar-refractivity contribution in [1.29, 1.82) is 0 Å². The number of halogens is 1. The molecule has 0 atom stereocenters. The van der Waals surface area contributed by atoms with Crippen LogP contribution in [-0.2, 0) is 24.9 Å². The number of anilines is 1. The summed E-state index contributed by atoms with van der Waals surface area (Å²) in [7, 11) is 1.72. The fraction of sp³-hybridized carbons (Fsp3) is 0.238. The van der Waals surface area contributed by atoms with Crippen molar-refractivity contribution in [2.24, 2.45) is 7.05 Å². The van der Waals surface area contributed by atoms with Gasteiger partial charge in [-0.05, 0) is 55.4 Å². The van der Waals surface area contributed by atoms with E-state index in [1.54, 1.807) is 36.7 Å². The lowest BCUT2D eigenvalue weighted by Gasteiger charge is -2.08. The van der Waals surface area contributed by atoms with Crippen LogP contribution in [0.5, 0.6) is 0 Å². The maximum absolute atomic E-state index is 13.4. The molecule has 1 heterocycles. The van der Waals surface area contributed by atoms with Crippen molar-refractivity contribution in [2.75, 3.05) is 5.32 Å². The Morgan fingerprint density at radius 2 is 1.87 bits per heavy atom. The molecule has 0 spiro atoms. The molecule has 0 saturated carbocycles. The van der Waals surface area contributed by atoms with Crippen LogP contribution >= 0.6 is 12.2 Å². The number of hydrogen-bond donors (Lipinski definition) is 2. The van der Waals surface area contributed by atoms with E-state index in [1.807, 2.05) is 19.1 Å². The minimum atomic E-state index is -0.433. The Bertz CT molecular complexity index is 1170. The Balaban J connectivity index is 1.68. The van der Waals surface area contributed by atoms with Crippen LogP contribution in [0.4, 0.5) is 10.1 Å². The van der Waals surface area contributed by atoms with Gasteiger partial charge in [-0.1, -0.05) is 24.3 Å². The zero-order valence-electron chi connectivity index (χ0n) is 16.9. The van der Waals surface area contributed by atoms with Gasteiger partial charge in [0.15, 0.2) is 10.6 Å². The van der Waals surface area contributed by atoms with Crippen molar-refractivity contribution in [3.63, 3.8) is 0 Å². The van der Waals surface area contributed by atoms with Crippen LogP contribution in [0.3, 0.4) is 0 Å². The molecule has 0 aliphatic heterocycles. The molecular formula is C21H22FN5O2S. The smallest absolute Gasteiger partial charge is 0.251 e. The normalized spacial score (nSPS) is 10.7. The van der Waals surface area contributed by atoms with Gasteiger partial charge in [0, 0.05) is 18.3 Å². The Morgan fingerprint density at radius 1 is 1.13 bits per heavy atom. The molecule has 9 heteroatoms. The van der Waals surface area contributed by atoms with Gasteiger partial charge in [-0.25, -0.2) is 9.07 Å². The van der Waals surface area contributed by atoms with Gasteiger partial charge in [0.2, 0.25) is 5.91 Å². The van der Waals surface area contributed by atoms with E-state index in [1.165, 1.54) is 16.8 Å². The Kier molecular flexibility index (Phi) is 6.41. The number of carbonyl (C=O) groups excluding carboxylic acids is 2. The second kappa shape index (κ2) is 9.00.